The topological polar surface area (TPSA) is 12.4 Å². The molecule has 360 valence electrons. The van der Waals surface area contributed by atoms with Crippen LogP contribution in [0, 0.1) is 34.6 Å². The Balaban J connectivity index is 0.000000231. The Kier molecular flexibility index (Phi) is 23.5. The van der Waals surface area contributed by atoms with Crippen LogP contribution in [0.15, 0.2) is 249 Å². The summed E-state index contributed by atoms with van der Waals surface area (Å²) in [6.07, 6.45) is 1.14. The number of aliphatic imine (C=N–C) groups is 1. The molecule has 0 radical (unpaired) electrons. The van der Waals surface area contributed by atoms with E-state index in [-0.39, 0.29) is 0 Å². The first-order valence-electron chi connectivity index (χ1n) is 24.9. The first kappa shape index (κ1) is 55.7. The van der Waals surface area contributed by atoms with Crippen molar-refractivity contribution in [1.29, 1.82) is 0 Å². The molecule has 0 aliphatic heterocycles. The summed E-state index contributed by atoms with van der Waals surface area (Å²) in [6.45, 7) is 31.2. The second-order valence-corrected chi connectivity index (χ2v) is 17.1. The Morgan fingerprint density at radius 2 is 0.746 bits per heavy atom. The molecule has 0 aliphatic carbocycles. The Bertz CT molecular complexity index is 2940. The van der Waals surface area contributed by atoms with Gasteiger partial charge >= 0.3 is 0 Å². The minimum atomic E-state index is 0.796. The molecular weight excluding hydrogens is 855 g/mol. The molecule has 0 unspecified atom stereocenters. The quantitative estimate of drug-likeness (QED) is 0.106. The van der Waals surface area contributed by atoms with Crippen molar-refractivity contribution in [1.82, 2.24) is 0 Å². The molecule has 71 heavy (non-hydrogen) atoms. The summed E-state index contributed by atoms with van der Waals surface area (Å²) in [6, 6.07) is 78.8. The van der Waals surface area contributed by atoms with E-state index in [1.807, 2.05) is 58.0 Å². The van der Waals surface area contributed by atoms with E-state index in [4.69, 9.17) is 0 Å². The van der Waals surface area contributed by atoms with Crippen molar-refractivity contribution >= 4 is 11.4 Å². The maximum absolute atomic E-state index is 4.50. The van der Waals surface area contributed by atoms with Crippen molar-refractivity contribution in [3.63, 3.8) is 0 Å². The van der Waals surface area contributed by atoms with Gasteiger partial charge in [-0.05, 0) is 150 Å². The van der Waals surface area contributed by atoms with E-state index < -0.39 is 0 Å². The summed E-state index contributed by atoms with van der Waals surface area (Å²) in [7, 11) is 0. The van der Waals surface area contributed by atoms with E-state index in [2.05, 4.69) is 260 Å². The standard InChI is InChI=1S/C29H25N.C22H22.C8H10.C7H8.C2H6.C2H4/c1-21(2)30-22(3)26-11-7-13-28(19-26)29-14-8-12-27(20-29)25-17-15-24(16-18-25)23-9-5-4-6-10-23;1-15-9-5-7-11-19(15)21-13-14-22(18(4)17(21)3)20-12-8-6-10-16(20)2;1-2-8-6-4-3-5-7-8;1-7-5-3-2-4-6-7;2*1-2/h4-20H,3H2,1-2H3;5-14H,1-4H3;3-7H,2H2,1H3;2-6H,1H3;1-2H3;1-2H2. The van der Waals surface area contributed by atoms with E-state index in [0.29, 0.717) is 0 Å². The minimum Gasteiger partial charge on any atom is -0.258 e. The van der Waals surface area contributed by atoms with Crippen LogP contribution in [0.2, 0.25) is 0 Å². The molecule has 0 aliphatic rings. The van der Waals surface area contributed by atoms with Crippen LogP contribution in [-0.2, 0) is 6.42 Å². The third-order valence-electron chi connectivity index (χ3n) is 11.9. The van der Waals surface area contributed by atoms with Crippen LogP contribution in [-0.4, -0.2) is 5.71 Å². The van der Waals surface area contributed by atoms with Crippen molar-refractivity contribution in [3.05, 3.63) is 283 Å². The summed E-state index contributed by atoms with van der Waals surface area (Å²) < 4.78 is 0. The van der Waals surface area contributed by atoms with Gasteiger partial charge in [-0.1, -0.05) is 245 Å². The summed E-state index contributed by atoms with van der Waals surface area (Å²) in [5.74, 6) is 0. The van der Waals surface area contributed by atoms with Crippen molar-refractivity contribution in [3.8, 4) is 55.6 Å². The van der Waals surface area contributed by atoms with E-state index >= 15 is 0 Å². The van der Waals surface area contributed by atoms with Crippen LogP contribution in [0.5, 0.6) is 0 Å². The van der Waals surface area contributed by atoms with Gasteiger partial charge in [0.25, 0.3) is 0 Å². The fourth-order valence-corrected chi connectivity index (χ4v) is 7.98. The van der Waals surface area contributed by atoms with Crippen LogP contribution in [0.25, 0.3) is 61.3 Å². The molecule has 0 amide bonds. The molecule has 0 heterocycles. The van der Waals surface area contributed by atoms with Crippen molar-refractivity contribution in [2.24, 2.45) is 4.99 Å². The number of hydrogen-bond acceptors (Lipinski definition) is 1. The molecule has 0 bridgehead atoms. The predicted octanol–water partition coefficient (Wildman–Crippen LogP) is 20.5. The summed E-state index contributed by atoms with van der Waals surface area (Å²) in [4.78, 5) is 4.50. The highest BCUT2D eigenvalue weighted by Gasteiger charge is 2.12. The Morgan fingerprint density at radius 1 is 0.380 bits per heavy atom. The van der Waals surface area contributed by atoms with E-state index in [1.165, 1.54) is 89.0 Å². The highest BCUT2D eigenvalue weighted by atomic mass is 14.7. The van der Waals surface area contributed by atoms with Crippen LogP contribution in [0.3, 0.4) is 0 Å². The fourth-order valence-electron chi connectivity index (χ4n) is 7.98. The first-order chi connectivity index (χ1) is 34.5. The molecule has 9 aromatic carbocycles. The number of aryl methyl sites for hydroxylation is 4. The van der Waals surface area contributed by atoms with Gasteiger partial charge in [0.05, 0.1) is 5.70 Å². The smallest absolute Gasteiger partial charge is 0.0629 e. The van der Waals surface area contributed by atoms with Gasteiger partial charge in [-0.2, -0.15) is 0 Å². The molecule has 1 nitrogen and oxygen atoms in total. The Labute approximate surface area is 428 Å². The lowest BCUT2D eigenvalue weighted by atomic mass is 9.88. The molecule has 1 heteroatoms. The zero-order valence-corrected chi connectivity index (χ0v) is 44.1. The molecule has 0 saturated heterocycles. The van der Waals surface area contributed by atoms with Crippen LogP contribution < -0.4 is 0 Å². The maximum Gasteiger partial charge on any atom is 0.0629 e. The second-order valence-electron chi connectivity index (χ2n) is 17.1. The lowest BCUT2D eigenvalue weighted by Gasteiger charge is -2.16. The van der Waals surface area contributed by atoms with E-state index in [1.54, 1.807) is 0 Å². The maximum atomic E-state index is 4.50. The van der Waals surface area contributed by atoms with Crippen molar-refractivity contribution < 1.29 is 0 Å². The van der Waals surface area contributed by atoms with Crippen LogP contribution >= 0.6 is 0 Å². The van der Waals surface area contributed by atoms with Gasteiger partial charge in [0.1, 0.15) is 0 Å². The molecular formula is C70H75N. The third kappa shape index (κ3) is 16.9. The Morgan fingerprint density at radius 3 is 1.17 bits per heavy atom. The Hall–Kier alpha value is -7.87. The first-order valence-corrected chi connectivity index (χ1v) is 24.9. The highest BCUT2D eigenvalue weighted by molar-refractivity contribution is 5.86. The molecule has 9 aromatic rings. The number of nitrogens with zero attached hydrogens (tertiary/aromatic N) is 1. The average molecular weight is 930 g/mol. The molecule has 0 spiro atoms. The molecule has 0 aromatic heterocycles. The van der Waals surface area contributed by atoms with Crippen LogP contribution in [0.1, 0.15) is 73.6 Å². The number of benzene rings is 9. The summed E-state index contributed by atoms with van der Waals surface area (Å²) in [5.41, 5.74) is 23.6. The summed E-state index contributed by atoms with van der Waals surface area (Å²) in [5, 5.41) is 0. The van der Waals surface area contributed by atoms with Crippen molar-refractivity contribution in [2.75, 3.05) is 0 Å². The largest absolute Gasteiger partial charge is 0.258 e. The molecule has 0 saturated carbocycles. The van der Waals surface area contributed by atoms with Gasteiger partial charge in [0, 0.05) is 11.3 Å². The lowest BCUT2D eigenvalue weighted by Crippen LogP contribution is -1.94. The highest BCUT2D eigenvalue weighted by Crippen LogP contribution is 2.35. The minimum absolute atomic E-state index is 0.796. The normalized spacial score (nSPS) is 9.77. The zero-order chi connectivity index (χ0) is 51.5. The van der Waals surface area contributed by atoms with Gasteiger partial charge in [0.2, 0.25) is 0 Å². The number of hydrogen-bond donors (Lipinski definition) is 0. The lowest BCUT2D eigenvalue weighted by molar-refractivity contribution is 1.14. The van der Waals surface area contributed by atoms with Crippen LogP contribution in [0.4, 0.5) is 0 Å². The van der Waals surface area contributed by atoms with E-state index in [9.17, 15) is 0 Å². The van der Waals surface area contributed by atoms with Gasteiger partial charge in [-0.25, -0.2) is 0 Å². The molecule has 9 rings (SSSR count). The number of rotatable bonds is 8. The molecule has 0 N–H and O–H groups in total. The molecule has 0 atom stereocenters. The average Bonchev–Trinajstić information content (AvgIpc) is 3.42. The fraction of sp³-hybridized carbons (Fsp3) is 0.157. The SMILES string of the molecule is C=C.C=C(N=C(C)C)c1cccc(-c2cccc(-c3ccc(-c4ccccc4)cc3)c2)c1.CC.CCc1ccccc1.Cc1ccccc1.Cc1ccccc1-c1ccc(-c2ccccc2C)c(C)c1C. The van der Waals surface area contributed by atoms with Gasteiger partial charge in [-0.3, -0.25) is 4.99 Å². The predicted molar refractivity (Wildman–Crippen MR) is 316 cm³/mol. The monoisotopic (exact) mass is 930 g/mol. The van der Waals surface area contributed by atoms with E-state index in [0.717, 1.165) is 23.4 Å². The van der Waals surface area contributed by atoms with Gasteiger partial charge in [-0.15, -0.1) is 13.2 Å². The van der Waals surface area contributed by atoms with Crippen molar-refractivity contribution in [2.45, 2.75) is 75.7 Å². The molecule has 0 fully saturated rings. The van der Waals surface area contributed by atoms with Gasteiger partial charge in [0.15, 0.2) is 0 Å². The van der Waals surface area contributed by atoms with Gasteiger partial charge < -0.3 is 0 Å². The zero-order valence-electron chi connectivity index (χ0n) is 44.1. The third-order valence-corrected chi connectivity index (χ3v) is 11.9. The second kappa shape index (κ2) is 29.9. The summed E-state index contributed by atoms with van der Waals surface area (Å²) >= 11 is 0.